The van der Waals surface area contributed by atoms with E-state index in [1.165, 1.54) is 0 Å². The van der Waals surface area contributed by atoms with Crippen molar-refractivity contribution in [3.8, 4) is 0 Å². The molecule has 0 aromatic rings. The van der Waals surface area contributed by atoms with Gasteiger partial charge in [0.05, 0.1) is 5.04 Å². The van der Waals surface area contributed by atoms with Gasteiger partial charge in [0.15, 0.2) is 5.72 Å². The summed E-state index contributed by atoms with van der Waals surface area (Å²) in [6.45, 7) is 12.5. The predicted molar refractivity (Wildman–Crippen MR) is 63.8 cm³/mol. The van der Waals surface area contributed by atoms with Crippen LogP contribution in [0.3, 0.4) is 0 Å². The molecule has 1 heterocycles. The van der Waals surface area contributed by atoms with E-state index in [0.717, 1.165) is 5.04 Å². The number of hydrogen-bond acceptors (Lipinski definition) is 3. The van der Waals surface area contributed by atoms with E-state index in [2.05, 4.69) is 25.8 Å². The third kappa shape index (κ3) is 2.14. The van der Waals surface area contributed by atoms with Gasteiger partial charge in [0.1, 0.15) is 0 Å². The highest BCUT2D eigenvalue weighted by Gasteiger charge is 2.45. The van der Waals surface area contributed by atoms with Crippen LogP contribution in [0.1, 0.15) is 41.5 Å². The molecule has 1 N–H and O–H groups in total. The molecule has 0 saturated heterocycles. The Labute approximate surface area is 91.2 Å². The molecule has 0 aromatic carbocycles. The second-order valence-corrected chi connectivity index (χ2v) is 6.99. The van der Waals surface area contributed by atoms with Crippen LogP contribution in [0, 0.1) is 10.8 Å². The lowest BCUT2D eigenvalue weighted by Gasteiger charge is -2.33. The Balaban J connectivity index is 2.96. The van der Waals surface area contributed by atoms with Crippen LogP contribution in [0.25, 0.3) is 0 Å². The van der Waals surface area contributed by atoms with Crippen molar-refractivity contribution in [1.82, 2.24) is 0 Å². The van der Waals surface area contributed by atoms with Gasteiger partial charge in [-0.25, -0.2) is 4.99 Å². The second-order valence-electron chi connectivity index (χ2n) is 6.02. The molecule has 0 aromatic heterocycles. The van der Waals surface area contributed by atoms with Crippen LogP contribution < -0.4 is 0 Å². The average Bonchev–Trinajstić information content (AvgIpc) is 2.29. The molecule has 2 nitrogen and oxygen atoms in total. The first-order chi connectivity index (χ1) is 6.06. The highest BCUT2D eigenvalue weighted by Crippen LogP contribution is 2.43. The van der Waals surface area contributed by atoms with Crippen LogP contribution in [0.2, 0.25) is 0 Å². The fourth-order valence-corrected chi connectivity index (χ4v) is 2.65. The molecule has 82 valence electrons. The normalized spacial score (nSPS) is 29.2. The third-order valence-corrected chi connectivity index (χ3v) is 4.06. The zero-order valence-electron chi connectivity index (χ0n) is 10.0. The van der Waals surface area contributed by atoms with Crippen LogP contribution in [0.15, 0.2) is 4.99 Å². The van der Waals surface area contributed by atoms with Gasteiger partial charge in [-0.3, -0.25) is 0 Å². The maximum absolute atomic E-state index is 10.4. The number of hydrogen-bond donors (Lipinski definition) is 1. The Morgan fingerprint density at radius 1 is 1.21 bits per heavy atom. The summed E-state index contributed by atoms with van der Waals surface area (Å²) < 4.78 is 0. The largest absolute Gasteiger partial charge is 0.368 e. The topological polar surface area (TPSA) is 32.6 Å². The van der Waals surface area contributed by atoms with E-state index >= 15 is 0 Å². The van der Waals surface area contributed by atoms with Crippen LogP contribution in [0.5, 0.6) is 0 Å². The van der Waals surface area contributed by atoms with E-state index < -0.39 is 5.72 Å². The van der Waals surface area contributed by atoms with Crippen LogP contribution in [-0.4, -0.2) is 21.6 Å². The highest BCUT2D eigenvalue weighted by atomic mass is 32.2. The summed E-state index contributed by atoms with van der Waals surface area (Å²) >= 11 is 1.68. The summed E-state index contributed by atoms with van der Waals surface area (Å²) in [6, 6.07) is 0. The van der Waals surface area contributed by atoms with Crippen LogP contribution in [-0.2, 0) is 0 Å². The van der Waals surface area contributed by atoms with E-state index in [0.29, 0.717) is 5.75 Å². The molecule has 3 heteroatoms. The zero-order chi connectivity index (χ0) is 11.2. The lowest BCUT2D eigenvalue weighted by molar-refractivity contribution is -0.0263. The van der Waals surface area contributed by atoms with E-state index in [1.54, 1.807) is 11.8 Å². The maximum Gasteiger partial charge on any atom is 0.171 e. The van der Waals surface area contributed by atoms with E-state index in [1.807, 2.05) is 20.8 Å². The summed E-state index contributed by atoms with van der Waals surface area (Å²) in [5, 5.41) is 11.4. The predicted octanol–water partition coefficient (Wildman–Crippen LogP) is 2.91. The van der Waals surface area contributed by atoms with Crippen molar-refractivity contribution >= 4 is 16.8 Å². The summed E-state index contributed by atoms with van der Waals surface area (Å²) in [5.41, 5.74) is -1.02. The number of rotatable bonds is 0. The van der Waals surface area contributed by atoms with Crippen molar-refractivity contribution < 1.29 is 5.11 Å². The van der Waals surface area contributed by atoms with Crippen molar-refractivity contribution in [2.75, 3.05) is 5.75 Å². The summed E-state index contributed by atoms with van der Waals surface area (Å²) in [5.74, 6) is 0.684. The molecule has 1 aliphatic rings. The van der Waals surface area contributed by atoms with Gasteiger partial charge >= 0.3 is 0 Å². The third-order valence-electron chi connectivity index (χ3n) is 2.54. The smallest absolute Gasteiger partial charge is 0.171 e. The van der Waals surface area contributed by atoms with Gasteiger partial charge in [0.2, 0.25) is 0 Å². The fraction of sp³-hybridized carbons (Fsp3) is 0.909. The van der Waals surface area contributed by atoms with Crippen molar-refractivity contribution in [1.29, 1.82) is 0 Å². The van der Waals surface area contributed by atoms with Gasteiger partial charge in [-0.05, 0) is 0 Å². The molecule has 0 amide bonds. The van der Waals surface area contributed by atoms with Gasteiger partial charge in [-0.15, -0.1) is 11.8 Å². The number of nitrogens with zero attached hydrogens (tertiary/aromatic N) is 1. The Kier molecular flexibility index (Phi) is 2.79. The van der Waals surface area contributed by atoms with Gasteiger partial charge in [0.25, 0.3) is 0 Å². The molecule has 0 saturated carbocycles. The number of thioether (sulfide) groups is 1. The minimum absolute atomic E-state index is 0.0559. The number of aliphatic imine (C=N–C) groups is 1. The van der Waals surface area contributed by atoms with Crippen molar-refractivity contribution in [2.24, 2.45) is 15.8 Å². The molecule has 0 radical (unpaired) electrons. The molecule has 1 rings (SSSR count). The van der Waals surface area contributed by atoms with Crippen LogP contribution >= 0.6 is 11.8 Å². The van der Waals surface area contributed by atoms with Gasteiger partial charge in [-0.1, -0.05) is 41.5 Å². The lowest BCUT2D eigenvalue weighted by atomic mass is 9.84. The molecule has 1 atom stereocenters. The first-order valence-electron chi connectivity index (χ1n) is 5.02. The number of aliphatic hydroxyl groups is 1. The molecular weight excluding hydrogens is 194 g/mol. The minimum atomic E-state index is -0.889. The van der Waals surface area contributed by atoms with E-state index in [-0.39, 0.29) is 10.8 Å². The summed E-state index contributed by atoms with van der Waals surface area (Å²) in [7, 11) is 0. The SMILES string of the molecule is CC(C)(C)C1=NC(O)(C(C)(C)C)CS1. The molecule has 1 aliphatic heterocycles. The highest BCUT2D eigenvalue weighted by molar-refractivity contribution is 8.14. The Hall–Kier alpha value is -0.0200. The minimum Gasteiger partial charge on any atom is -0.368 e. The lowest BCUT2D eigenvalue weighted by Crippen LogP contribution is -2.41. The standard InChI is InChI=1S/C11H21NOS/c1-9(2,3)8-12-11(13,7-14-8)10(4,5)6/h13H,7H2,1-6H3. The molecule has 0 spiro atoms. The quantitative estimate of drug-likeness (QED) is 0.674. The van der Waals surface area contributed by atoms with Crippen molar-refractivity contribution in [2.45, 2.75) is 47.3 Å². The van der Waals surface area contributed by atoms with E-state index in [9.17, 15) is 5.11 Å². The van der Waals surface area contributed by atoms with Crippen molar-refractivity contribution in [3.63, 3.8) is 0 Å². The molecule has 14 heavy (non-hydrogen) atoms. The maximum atomic E-state index is 10.4. The van der Waals surface area contributed by atoms with Gasteiger partial charge in [-0.2, -0.15) is 0 Å². The molecule has 0 bridgehead atoms. The van der Waals surface area contributed by atoms with Crippen LogP contribution in [0.4, 0.5) is 0 Å². The molecular formula is C11H21NOS. The average molecular weight is 215 g/mol. The Bertz CT molecular complexity index is 259. The second kappa shape index (κ2) is 3.24. The Morgan fingerprint density at radius 3 is 1.93 bits per heavy atom. The fourth-order valence-electron chi connectivity index (χ4n) is 1.17. The van der Waals surface area contributed by atoms with E-state index in [4.69, 9.17) is 0 Å². The molecule has 1 unspecified atom stereocenters. The summed E-state index contributed by atoms with van der Waals surface area (Å²) in [6.07, 6.45) is 0. The molecule has 0 fully saturated rings. The van der Waals surface area contributed by atoms with Gasteiger partial charge < -0.3 is 5.11 Å². The Morgan fingerprint density at radius 2 is 1.71 bits per heavy atom. The molecule has 0 aliphatic carbocycles. The monoisotopic (exact) mass is 215 g/mol. The first kappa shape index (κ1) is 12.1. The van der Waals surface area contributed by atoms with Crippen molar-refractivity contribution in [3.05, 3.63) is 0 Å². The zero-order valence-corrected chi connectivity index (χ0v) is 10.8. The van der Waals surface area contributed by atoms with Gasteiger partial charge in [0, 0.05) is 16.6 Å². The first-order valence-corrected chi connectivity index (χ1v) is 6.00. The summed E-state index contributed by atoms with van der Waals surface area (Å²) in [4.78, 5) is 4.50.